The van der Waals surface area contributed by atoms with Crippen molar-refractivity contribution >= 4 is 13.2 Å². The summed E-state index contributed by atoms with van der Waals surface area (Å²) < 4.78 is 12.4. The molecule has 2 aromatic rings. The summed E-state index contributed by atoms with van der Waals surface area (Å²) >= 11 is 0. The number of nitrogens with one attached hydrogen (secondary N) is 1. The Bertz CT molecular complexity index is 750. The highest BCUT2D eigenvalue weighted by molar-refractivity contribution is 6.55. The molecule has 1 heterocycles. The Morgan fingerprint density at radius 2 is 1.42 bits per heavy atom. The lowest BCUT2D eigenvalue weighted by atomic mass is 9.77. The van der Waals surface area contributed by atoms with Crippen LogP contribution in [0, 0.1) is 0 Å². The third-order valence-corrected chi connectivity index (χ3v) is 5.31. The molecule has 0 atom stereocenters. The minimum absolute atomic E-state index is 0.332. The zero-order valence-corrected chi connectivity index (χ0v) is 16.4. The lowest BCUT2D eigenvalue weighted by Crippen LogP contribution is -2.41. The molecule has 0 saturated carbocycles. The SMILES string of the molecule is CNCC(=Cc1ccc(-c2ccccc2)cc1)B1OC(C)(C)C(C)(C)O1. The average molecular weight is 349 g/mol. The van der Waals surface area contributed by atoms with Crippen LogP contribution >= 0.6 is 0 Å². The summed E-state index contributed by atoms with van der Waals surface area (Å²) in [6, 6.07) is 19.0. The lowest BCUT2D eigenvalue weighted by molar-refractivity contribution is 0.00578. The number of hydrogen-bond donors (Lipinski definition) is 1. The highest BCUT2D eigenvalue weighted by Gasteiger charge is 2.52. The molecule has 2 aromatic carbocycles. The van der Waals surface area contributed by atoms with E-state index >= 15 is 0 Å². The second-order valence-electron chi connectivity index (χ2n) is 7.83. The molecule has 0 unspecified atom stereocenters. The van der Waals surface area contributed by atoms with Crippen LogP contribution in [0.3, 0.4) is 0 Å². The van der Waals surface area contributed by atoms with Crippen molar-refractivity contribution in [1.29, 1.82) is 0 Å². The summed E-state index contributed by atoms with van der Waals surface area (Å²) in [6.45, 7) is 9.05. The van der Waals surface area contributed by atoms with Crippen molar-refractivity contribution in [2.45, 2.75) is 38.9 Å². The summed E-state index contributed by atoms with van der Waals surface area (Å²) in [4.78, 5) is 0. The standard InChI is InChI=1S/C22H28BNO2/c1-21(2)22(3,4)26-23(25-21)20(16-24-5)15-17-11-13-19(14-12-17)18-9-7-6-8-10-18/h6-15,24H,16H2,1-5H3. The maximum Gasteiger partial charge on any atom is 0.491 e. The van der Waals surface area contributed by atoms with Gasteiger partial charge in [0.2, 0.25) is 0 Å². The third kappa shape index (κ3) is 3.93. The van der Waals surface area contributed by atoms with E-state index in [0.29, 0.717) is 0 Å². The molecule has 136 valence electrons. The van der Waals surface area contributed by atoms with Gasteiger partial charge >= 0.3 is 7.12 Å². The number of benzene rings is 2. The van der Waals surface area contributed by atoms with Crippen LogP contribution in [0.4, 0.5) is 0 Å². The molecule has 1 saturated heterocycles. The quantitative estimate of drug-likeness (QED) is 0.801. The summed E-state index contributed by atoms with van der Waals surface area (Å²) in [7, 11) is 1.61. The van der Waals surface area contributed by atoms with Gasteiger partial charge in [0.15, 0.2) is 0 Å². The van der Waals surface area contributed by atoms with E-state index in [1.54, 1.807) is 0 Å². The molecule has 1 N–H and O–H groups in total. The van der Waals surface area contributed by atoms with Crippen molar-refractivity contribution in [3.05, 3.63) is 65.6 Å². The monoisotopic (exact) mass is 349 g/mol. The lowest BCUT2D eigenvalue weighted by Gasteiger charge is -2.32. The fraction of sp³-hybridized carbons (Fsp3) is 0.364. The maximum atomic E-state index is 6.21. The maximum absolute atomic E-state index is 6.21. The van der Waals surface area contributed by atoms with Crippen LogP contribution in [0.5, 0.6) is 0 Å². The molecule has 26 heavy (non-hydrogen) atoms. The van der Waals surface area contributed by atoms with Crippen molar-refractivity contribution in [2.75, 3.05) is 13.6 Å². The Labute approximate surface area is 157 Å². The van der Waals surface area contributed by atoms with Gasteiger partial charge in [-0.25, -0.2) is 0 Å². The van der Waals surface area contributed by atoms with Gasteiger partial charge in [0.1, 0.15) is 0 Å². The second-order valence-corrected chi connectivity index (χ2v) is 7.83. The Morgan fingerprint density at radius 1 is 0.885 bits per heavy atom. The van der Waals surface area contributed by atoms with Crippen LogP contribution in [0.25, 0.3) is 17.2 Å². The fourth-order valence-electron chi connectivity index (χ4n) is 3.02. The molecule has 1 aliphatic rings. The third-order valence-electron chi connectivity index (χ3n) is 5.31. The molecule has 0 radical (unpaired) electrons. The predicted octanol–water partition coefficient (Wildman–Crippen LogP) is 4.59. The van der Waals surface area contributed by atoms with E-state index in [1.165, 1.54) is 11.1 Å². The molecular formula is C22H28BNO2. The first-order chi connectivity index (χ1) is 12.3. The first kappa shape index (κ1) is 18.9. The van der Waals surface area contributed by atoms with Crippen molar-refractivity contribution in [3.63, 3.8) is 0 Å². The Hall–Kier alpha value is -1.88. The van der Waals surface area contributed by atoms with Gasteiger partial charge in [0, 0.05) is 6.54 Å². The van der Waals surface area contributed by atoms with E-state index in [0.717, 1.165) is 17.6 Å². The van der Waals surface area contributed by atoms with Crippen LogP contribution in [0.2, 0.25) is 0 Å². The molecule has 0 amide bonds. The van der Waals surface area contributed by atoms with E-state index in [9.17, 15) is 0 Å². The summed E-state index contributed by atoms with van der Waals surface area (Å²) in [5, 5.41) is 3.23. The minimum atomic E-state index is -0.332. The molecule has 3 nitrogen and oxygen atoms in total. The summed E-state index contributed by atoms with van der Waals surface area (Å²) in [5.41, 5.74) is 4.02. The van der Waals surface area contributed by atoms with E-state index < -0.39 is 0 Å². The average Bonchev–Trinajstić information content (AvgIpc) is 2.84. The zero-order valence-electron chi connectivity index (χ0n) is 16.4. The number of hydrogen-bond acceptors (Lipinski definition) is 3. The fourth-order valence-corrected chi connectivity index (χ4v) is 3.02. The van der Waals surface area contributed by atoms with Gasteiger partial charge < -0.3 is 14.6 Å². The van der Waals surface area contributed by atoms with E-state index in [-0.39, 0.29) is 18.3 Å². The minimum Gasteiger partial charge on any atom is -0.400 e. The highest BCUT2D eigenvalue weighted by atomic mass is 16.7. The van der Waals surface area contributed by atoms with Crippen LogP contribution in [-0.4, -0.2) is 31.9 Å². The molecule has 1 fully saturated rings. The summed E-state index contributed by atoms with van der Waals surface area (Å²) in [5.74, 6) is 0. The highest BCUT2D eigenvalue weighted by Crippen LogP contribution is 2.38. The van der Waals surface area contributed by atoms with Crippen molar-refractivity contribution < 1.29 is 9.31 Å². The van der Waals surface area contributed by atoms with Gasteiger partial charge in [-0.3, -0.25) is 0 Å². The first-order valence-electron chi connectivity index (χ1n) is 9.18. The van der Waals surface area contributed by atoms with Gasteiger partial charge in [0.05, 0.1) is 11.2 Å². The van der Waals surface area contributed by atoms with E-state index in [1.807, 2.05) is 13.1 Å². The van der Waals surface area contributed by atoms with Gasteiger partial charge in [0.25, 0.3) is 0 Å². The van der Waals surface area contributed by atoms with Gasteiger partial charge in [-0.05, 0) is 56.9 Å². The van der Waals surface area contributed by atoms with Crippen LogP contribution in [0.1, 0.15) is 33.3 Å². The Morgan fingerprint density at radius 3 is 1.96 bits per heavy atom. The molecule has 1 aliphatic heterocycles. The molecule has 0 bridgehead atoms. The van der Waals surface area contributed by atoms with Crippen molar-refractivity contribution in [2.24, 2.45) is 0 Å². The molecule has 0 spiro atoms. The van der Waals surface area contributed by atoms with Gasteiger partial charge in [-0.2, -0.15) is 0 Å². The molecular weight excluding hydrogens is 321 g/mol. The zero-order chi connectivity index (χ0) is 18.8. The molecule has 4 heteroatoms. The first-order valence-corrected chi connectivity index (χ1v) is 9.18. The van der Waals surface area contributed by atoms with E-state index in [4.69, 9.17) is 9.31 Å². The topological polar surface area (TPSA) is 30.5 Å². The molecule has 3 rings (SSSR count). The second kappa shape index (κ2) is 7.39. The van der Waals surface area contributed by atoms with Crippen molar-refractivity contribution in [1.82, 2.24) is 5.32 Å². The number of likely N-dealkylation sites (N-methyl/N-ethyl adjacent to an activating group) is 1. The normalized spacial score (nSPS) is 19.0. The Kier molecular flexibility index (Phi) is 5.38. The molecule has 0 aliphatic carbocycles. The Balaban J connectivity index is 1.84. The number of rotatable bonds is 5. The largest absolute Gasteiger partial charge is 0.491 e. The van der Waals surface area contributed by atoms with Gasteiger partial charge in [-0.15, -0.1) is 0 Å². The predicted molar refractivity (Wildman–Crippen MR) is 110 cm³/mol. The van der Waals surface area contributed by atoms with Crippen LogP contribution < -0.4 is 5.32 Å². The van der Waals surface area contributed by atoms with Crippen LogP contribution in [0.15, 0.2) is 60.1 Å². The van der Waals surface area contributed by atoms with E-state index in [2.05, 4.69) is 87.6 Å². The summed E-state index contributed by atoms with van der Waals surface area (Å²) in [6.07, 6.45) is 2.16. The smallest absolute Gasteiger partial charge is 0.400 e. The van der Waals surface area contributed by atoms with Crippen LogP contribution in [-0.2, 0) is 9.31 Å². The van der Waals surface area contributed by atoms with Gasteiger partial charge in [-0.1, -0.05) is 60.7 Å². The van der Waals surface area contributed by atoms with Crippen molar-refractivity contribution in [3.8, 4) is 11.1 Å². The molecule has 0 aromatic heterocycles.